The van der Waals surface area contributed by atoms with E-state index in [2.05, 4.69) is 10.6 Å². The van der Waals surface area contributed by atoms with Gasteiger partial charge in [0.15, 0.2) is 0 Å². The third-order valence-corrected chi connectivity index (χ3v) is 5.90. The largest absolute Gasteiger partial charge is 0.456 e. The van der Waals surface area contributed by atoms with Crippen molar-refractivity contribution in [3.63, 3.8) is 0 Å². The summed E-state index contributed by atoms with van der Waals surface area (Å²) >= 11 is 12.6. The number of morpholine rings is 1. The summed E-state index contributed by atoms with van der Waals surface area (Å²) in [5, 5.41) is 5.92. The van der Waals surface area contributed by atoms with E-state index in [0.29, 0.717) is 38.8 Å². The Hall–Kier alpha value is -2.39. The Kier molecular flexibility index (Phi) is 6.38. The number of ether oxygens (including phenoxy) is 2. The minimum atomic E-state index is -0.208. The molecule has 0 bridgehead atoms. The van der Waals surface area contributed by atoms with Crippen LogP contribution in [-0.4, -0.2) is 35.4 Å². The number of halogens is 1. The van der Waals surface area contributed by atoms with E-state index in [1.54, 1.807) is 18.2 Å². The summed E-state index contributed by atoms with van der Waals surface area (Å²) < 4.78 is 11.6. The van der Waals surface area contributed by atoms with Crippen LogP contribution in [0.4, 0.5) is 0 Å². The minimum absolute atomic E-state index is 0.0244. The van der Waals surface area contributed by atoms with Crippen molar-refractivity contribution in [3.8, 4) is 11.5 Å². The standard InChI is InChI=1S/C21H17ClN2O4S2/c22-16-8-13(9-18-20(26)24-21(29)30-18)3-6-17(16)28-15-4-1-12(2-5-15)7-14-10-27-11-19(25)23-14/h1-6,8-9,14H,7,10-11H2,(H,23,25)(H,24,26,29)/b18-9+. The van der Waals surface area contributed by atoms with E-state index >= 15 is 0 Å². The molecule has 2 amide bonds. The van der Waals surface area contributed by atoms with Gasteiger partial charge in [0.25, 0.3) is 5.91 Å². The van der Waals surface area contributed by atoms with E-state index in [1.165, 1.54) is 11.8 Å². The van der Waals surface area contributed by atoms with Gasteiger partial charge >= 0.3 is 0 Å². The van der Waals surface area contributed by atoms with Crippen LogP contribution in [-0.2, 0) is 20.7 Å². The Morgan fingerprint density at radius 2 is 2.03 bits per heavy atom. The molecule has 0 spiro atoms. The lowest BCUT2D eigenvalue weighted by atomic mass is 10.1. The normalized spacial score (nSPS) is 20.2. The highest BCUT2D eigenvalue weighted by Gasteiger charge is 2.22. The van der Waals surface area contributed by atoms with Crippen LogP contribution in [0.1, 0.15) is 11.1 Å². The lowest BCUT2D eigenvalue weighted by Crippen LogP contribution is -2.46. The Morgan fingerprint density at radius 3 is 2.70 bits per heavy atom. The van der Waals surface area contributed by atoms with Crippen LogP contribution in [0.3, 0.4) is 0 Å². The molecule has 2 aliphatic rings. The van der Waals surface area contributed by atoms with Crippen LogP contribution in [0.25, 0.3) is 6.08 Å². The van der Waals surface area contributed by atoms with E-state index in [1.807, 2.05) is 30.3 Å². The van der Waals surface area contributed by atoms with E-state index in [9.17, 15) is 9.59 Å². The van der Waals surface area contributed by atoms with Crippen LogP contribution in [0.5, 0.6) is 11.5 Å². The molecule has 1 atom stereocenters. The molecule has 2 heterocycles. The maximum absolute atomic E-state index is 11.8. The number of benzene rings is 2. The smallest absolute Gasteiger partial charge is 0.263 e. The number of thiocarbonyl (C=S) groups is 1. The Bertz CT molecular complexity index is 1040. The van der Waals surface area contributed by atoms with Gasteiger partial charge in [-0.25, -0.2) is 0 Å². The highest BCUT2D eigenvalue weighted by molar-refractivity contribution is 8.26. The topological polar surface area (TPSA) is 76.7 Å². The number of nitrogens with one attached hydrogen (secondary N) is 2. The van der Waals surface area contributed by atoms with Gasteiger partial charge in [0.1, 0.15) is 22.4 Å². The van der Waals surface area contributed by atoms with Crippen molar-refractivity contribution in [1.82, 2.24) is 10.6 Å². The molecule has 0 aliphatic carbocycles. The maximum atomic E-state index is 11.8. The van der Waals surface area contributed by atoms with E-state index < -0.39 is 0 Å². The molecule has 6 nitrogen and oxygen atoms in total. The van der Waals surface area contributed by atoms with Gasteiger partial charge in [-0.15, -0.1) is 0 Å². The first kappa shape index (κ1) is 20.9. The second-order valence-electron chi connectivity index (χ2n) is 6.77. The Morgan fingerprint density at radius 1 is 1.23 bits per heavy atom. The molecule has 2 aliphatic heterocycles. The molecule has 0 aromatic heterocycles. The Balaban J connectivity index is 1.40. The van der Waals surface area contributed by atoms with Gasteiger partial charge in [0, 0.05) is 0 Å². The first-order valence-corrected chi connectivity index (χ1v) is 10.7. The molecule has 9 heteroatoms. The number of amides is 2. The van der Waals surface area contributed by atoms with Gasteiger partial charge < -0.3 is 20.1 Å². The molecule has 2 aromatic carbocycles. The first-order valence-electron chi connectivity index (χ1n) is 9.14. The van der Waals surface area contributed by atoms with Crippen molar-refractivity contribution in [2.45, 2.75) is 12.5 Å². The molecular weight excluding hydrogens is 444 g/mol. The maximum Gasteiger partial charge on any atom is 0.263 e. The fraction of sp³-hybridized carbons (Fsp3) is 0.190. The highest BCUT2D eigenvalue weighted by Crippen LogP contribution is 2.32. The van der Waals surface area contributed by atoms with Crippen molar-refractivity contribution >= 4 is 57.8 Å². The molecule has 154 valence electrons. The van der Waals surface area contributed by atoms with Crippen molar-refractivity contribution in [2.24, 2.45) is 0 Å². The molecule has 0 radical (unpaired) electrons. The Labute approximate surface area is 188 Å². The van der Waals surface area contributed by atoms with Crippen LogP contribution in [0.15, 0.2) is 47.4 Å². The highest BCUT2D eigenvalue weighted by atomic mass is 35.5. The summed E-state index contributed by atoms with van der Waals surface area (Å²) in [6.07, 6.45) is 2.42. The predicted octanol–water partition coefficient (Wildman–Crippen LogP) is 3.68. The molecule has 0 saturated carbocycles. The fourth-order valence-electron chi connectivity index (χ4n) is 3.08. The number of hydrogen-bond acceptors (Lipinski definition) is 6. The average molecular weight is 461 g/mol. The molecule has 30 heavy (non-hydrogen) atoms. The lowest BCUT2D eigenvalue weighted by Gasteiger charge is -2.23. The number of carbonyl (C=O) groups excluding carboxylic acids is 2. The monoisotopic (exact) mass is 460 g/mol. The van der Waals surface area contributed by atoms with E-state index in [4.69, 9.17) is 33.3 Å². The summed E-state index contributed by atoms with van der Waals surface area (Å²) in [5.41, 5.74) is 1.85. The first-order chi connectivity index (χ1) is 14.5. The molecule has 2 saturated heterocycles. The zero-order valence-corrected chi connectivity index (χ0v) is 18.0. The molecule has 1 unspecified atom stereocenters. The molecule has 2 N–H and O–H groups in total. The van der Waals surface area contributed by atoms with E-state index in [-0.39, 0.29) is 24.5 Å². The average Bonchev–Trinajstić information content (AvgIpc) is 3.02. The summed E-state index contributed by atoms with van der Waals surface area (Å²) in [4.78, 5) is 23.7. The second kappa shape index (κ2) is 9.18. The van der Waals surface area contributed by atoms with Gasteiger partial charge in [-0.3, -0.25) is 9.59 Å². The fourth-order valence-corrected chi connectivity index (χ4v) is 4.35. The zero-order valence-electron chi connectivity index (χ0n) is 15.6. The van der Waals surface area contributed by atoms with Crippen molar-refractivity contribution in [1.29, 1.82) is 0 Å². The number of rotatable bonds is 5. The number of hydrogen-bond donors (Lipinski definition) is 2. The predicted molar refractivity (Wildman–Crippen MR) is 121 cm³/mol. The summed E-state index contributed by atoms with van der Waals surface area (Å²) in [5.74, 6) is 0.862. The third kappa shape index (κ3) is 5.20. The van der Waals surface area contributed by atoms with Crippen molar-refractivity contribution in [2.75, 3.05) is 13.2 Å². The van der Waals surface area contributed by atoms with Gasteiger partial charge in [0.2, 0.25) is 5.91 Å². The summed E-state index contributed by atoms with van der Waals surface area (Å²) in [6.45, 7) is 0.632. The summed E-state index contributed by atoms with van der Waals surface area (Å²) in [7, 11) is 0. The van der Waals surface area contributed by atoms with Crippen molar-refractivity contribution < 1.29 is 19.1 Å². The van der Waals surface area contributed by atoms with Crippen LogP contribution in [0.2, 0.25) is 5.02 Å². The van der Waals surface area contributed by atoms with Gasteiger partial charge in [-0.2, -0.15) is 0 Å². The van der Waals surface area contributed by atoms with Crippen LogP contribution >= 0.6 is 35.6 Å². The number of thioether (sulfide) groups is 1. The molecular formula is C21H17ClN2O4S2. The molecule has 4 rings (SSSR count). The van der Waals surface area contributed by atoms with E-state index in [0.717, 1.165) is 11.1 Å². The number of carbonyl (C=O) groups is 2. The van der Waals surface area contributed by atoms with Gasteiger partial charge in [-0.05, 0) is 47.9 Å². The summed E-state index contributed by atoms with van der Waals surface area (Å²) in [6, 6.07) is 12.9. The van der Waals surface area contributed by atoms with Crippen molar-refractivity contribution in [3.05, 3.63) is 63.5 Å². The minimum Gasteiger partial charge on any atom is -0.456 e. The zero-order chi connectivity index (χ0) is 21.1. The molecule has 2 aromatic rings. The SMILES string of the molecule is O=C1COCC(Cc2ccc(Oc3ccc(/C=C4/SC(=S)NC4=O)cc3Cl)cc2)N1. The lowest BCUT2D eigenvalue weighted by molar-refractivity contribution is -0.131. The second-order valence-corrected chi connectivity index (χ2v) is 8.90. The third-order valence-electron chi connectivity index (χ3n) is 4.45. The van der Waals surface area contributed by atoms with Crippen LogP contribution in [0, 0.1) is 0 Å². The quantitative estimate of drug-likeness (QED) is 0.523. The van der Waals surface area contributed by atoms with Gasteiger partial charge in [0.05, 0.1) is 22.6 Å². The molecule has 2 fully saturated rings. The van der Waals surface area contributed by atoms with Gasteiger partial charge in [-0.1, -0.05) is 53.8 Å². The van der Waals surface area contributed by atoms with Crippen LogP contribution < -0.4 is 15.4 Å².